The summed E-state index contributed by atoms with van der Waals surface area (Å²) in [6, 6.07) is 14.9. The van der Waals surface area contributed by atoms with Crippen LogP contribution in [-0.2, 0) is 6.61 Å². The molecule has 0 atom stereocenters. The largest absolute Gasteiger partial charge is 0.486 e. The van der Waals surface area contributed by atoms with Crippen molar-refractivity contribution in [1.82, 2.24) is 0 Å². The van der Waals surface area contributed by atoms with Gasteiger partial charge in [0, 0.05) is 26.8 Å². The van der Waals surface area contributed by atoms with E-state index in [4.69, 9.17) is 39.5 Å². The van der Waals surface area contributed by atoms with Crippen LogP contribution >= 0.6 is 66.7 Å². The van der Waals surface area contributed by atoms with Crippen LogP contribution in [-0.4, -0.2) is 6.21 Å². The van der Waals surface area contributed by atoms with Gasteiger partial charge in [0.15, 0.2) is 0 Å². The highest BCUT2D eigenvalue weighted by atomic mass is 79.9. The van der Waals surface area contributed by atoms with E-state index in [2.05, 4.69) is 36.9 Å². The van der Waals surface area contributed by atoms with Crippen molar-refractivity contribution in [3.05, 3.63) is 89.2 Å². The van der Waals surface area contributed by atoms with Crippen LogP contribution in [0.5, 0.6) is 5.75 Å². The van der Waals surface area contributed by atoms with Crippen LogP contribution in [0.1, 0.15) is 16.7 Å². The first kappa shape index (κ1) is 21.7. The molecule has 0 bridgehead atoms. The Bertz CT molecular complexity index is 1030. The van der Waals surface area contributed by atoms with Gasteiger partial charge in [-0.25, -0.2) is 0 Å². The number of nitrogens with zero attached hydrogens (tertiary/aromatic N) is 1. The van der Waals surface area contributed by atoms with Crippen LogP contribution in [0.15, 0.2) is 62.5 Å². The van der Waals surface area contributed by atoms with E-state index in [9.17, 15) is 0 Å². The van der Waals surface area contributed by atoms with Crippen LogP contribution in [0, 0.1) is 6.92 Å². The van der Waals surface area contributed by atoms with Gasteiger partial charge in [-0.15, -0.1) is 0 Å². The lowest BCUT2D eigenvalue weighted by atomic mass is 10.2. The maximum atomic E-state index is 6.21. The molecule has 0 N–H and O–H groups in total. The van der Waals surface area contributed by atoms with Gasteiger partial charge in [-0.3, -0.25) is 4.99 Å². The Hall–Kier alpha value is -1.04. The number of ether oxygens (including phenoxy) is 1. The Morgan fingerprint density at radius 1 is 0.964 bits per heavy atom. The quantitative estimate of drug-likeness (QED) is 0.285. The van der Waals surface area contributed by atoms with Crippen molar-refractivity contribution in [2.45, 2.75) is 13.5 Å². The second-order valence-corrected chi connectivity index (χ2v) is 8.94. The molecule has 2 nitrogen and oxygen atoms in total. The van der Waals surface area contributed by atoms with Gasteiger partial charge in [0.05, 0.1) is 14.6 Å². The summed E-state index contributed by atoms with van der Waals surface area (Å²) in [5.74, 6) is 0.683. The van der Waals surface area contributed by atoms with E-state index >= 15 is 0 Å². The normalized spacial score (nSPS) is 11.2. The van der Waals surface area contributed by atoms with Crippen LogP contribution in [0.3, 0.4) is 0 Å². The maximum Gasteiger partial charge on any atom is 0.148 e. The van der Waals surface area contributed by atoms with Gasteiger partial charge < -0.3 is 4.74 Å². The highest BCUT2D eigenvalue weighted by molar-refractivity contribution is 9.11. The van der Waals surface area contributed by atoms with Gasteiger partial charge in [-0.1, -0.05) is 46.9 Å². The maximum absolute atomic E-state index is 6.21. The van der Waals surface area contributed by atoms with E-state index in [1.165, 1.54) is 0 Å². The molecule has 0 fully saturated rings. The van der Waals surface area contributed by atoms with Gasteiger partial charge in [0.25, 0.3) is 0 Å². The first-order valence-electron chi connectivity index (χ1n) is 8.20. The molecule has 28 heavy (non-hydrogen) atoms. The molecule has 0 unspecified atom stereocenters. The van der Waals surface area contributed by atoms with Crippen molar-refractivity contribution < 1.29 is 4.74 Å². The number of halogens is 5. The van der Waals surface area contributed by atoms with Crippen LogP contribution in [0.2, 0.25) is 15.1 Å². The number of hydrogen-bond donors (Lipinski definition) is 0. The fourth-order valence-corrected chi connectivity index (χ4v) is 4.54. The molecule has 0 heterocycles. The fraction of sp³-hybridized carbons (Fsp3) is 0.0952. The summed E-state index contributed by atoms with van der Waals surface area (Å²) in [5, 5.41) is 1.86. The molecule has 3 aromatic rings. The Balaban J connectivity index is 1.79. The first-order valence-corrected chi connectivity index (χ1v) is 10.9. The summed E-state index contributed by atoms with van der Waals surface area (Å²) in [5.41, 5.74) is 3.54. The van der Waals surface area contributed by atoms with E-state index in [1.807, 2.05) is 43.3 Å². The van der Waals surface area contributed by atoms with Crippen molar-refractivity contribution >= 4 is 78.6 Å². The van der Waals surface area contributed by atoms with Gasteiger partial charge in [0.1, 0.15) is 12.4 Å². The van der Waals surface area contributed by atoms with Gasteiger partial charge in [-0.05, 0) is 86.3 Å². The fourth-order valence-electron chi connectivity index (χ4n) is 2.46. The molecule has 144 valence electrons. The lowest BCUT2D eigenvalue weighted by Crippen LogP contribution is -1.98. The van der Waals surface area contributed by atoms with E-state index in [-0.39, 0.29) is 0 Å². The molecule has 7 heteroatoms. The molecular formula is C21H14Br2Cl3NO. The molecule has 0 saturated heterocycles. The minimum absolute atomic E-state index is 0.322. The van der Waals surface area contributed by atoms with Crippen molar-refractivity contribution in [3.63, 3.8) is 0 Å². The Morgan fingerprint density at radius 3 is 2.36 bits per heavy atom. The third-order valence-electron chi connectivity index (χ3n) is 4.00. The average molecular weight is 563 g/mol. The smallest absolute Gasteiger partial charge is 0.148 e. The Morgan fingerprint density at radius 2 is 1.68 bits per heavy atom. The second-order valence-electron chi connectivity index (χ2n) is 5.98. The SMILES string of the molecule is Cc1c(Cl)cccc1N=Cc1cc(Br)c(OCc2ccc(Cl)cc2Cl)c(Br)c1. The molecular weight excluding hydrogens is 548 g/mol. The summed E-state index contributed by atoms with van der Waals surface area (Å²) in [6.07, 6.45) is 1.79. The lowest BCUT2D eigenvalue weighted by Gasteiger charge is -2.12. The molecule has 3 rings (SSSR count). The zero-order valence-electron chi connectivity index (χ0n) is 14.6. The van der Waals surface area contributed by atoms with Crippen molar-refractivity contribution in [1.29, 1.82) is 0 Å². The highest BCUT2D eigenvalue weighted by Crippen LogP contribution is 2.36. The zero-order valence-corrected chi connectivity index (χ0v) is 20.1. The van der Waals surface area contributed by atoms with Crippen LogP contribution in [0.4, 0.5) is 5.69 Å². The zero-order chi connectivity index (χ0) is 20.3. The third-order valence-corrected chi connectivity index (χ3v) is 6.17. The van der Waals surface area contributed by atoms with E-state index < -0.39 is 0 Å². The second kappa shape index (κ2) is 9.64. The van der Waals surface area contributed by atoms with Crippen molar-refractivity contribution in [2.24, 2.45) is 4.99 Å². The predicted octanol–water partition coefficient (Wildman–Crippen LogP) is 8.81. The highest BCUT2D eigenvalue weighted by Gasteiger charge is 2.10. The van der Waals surface area contributed by atoms with Crippen molar-refractivity contribution in [3.8, 4) is 5.75 Å². The number of hydrogen-bond acceptors (Lipinski definition) is 2. The Kier molecular flexibility index (Phi) is 7.46. The van der Waals surface area contributed by atoms with E-state index in [1.54, 1.807) is 18.3 Å². The van der Waals surface area contributed by atoms with Gasteiger partial charge in [0.2, 0.25) is 0 Å². The number of benzene rings is 3. The minimum Gasteiger partial charge on any atom is -0.486 e. The predicted molar refractivity (Wildman–Crippen MR) is 126 cm³/mol. The summed E-state index contributed by atoms with van der Waals surface area (Å²) in [6.45, 7) is 2.27. The first-order chi connectivity index (χ1) is 13.3. The summed E-state index contributed by atoms with van der Waals surface area (Å²) < 4.78 is 7.55. The van der Waals surface area contributed by atoms with E-state index in [0.717, 1.165) is 31.3 Å². The number of aliphatic imine (C=N–C) groups is 1. The Labute approximate surface area is 195 Å². The molecule has 0 saturated carbocycles. The van der Waals surface area contributed by atoms with Gasteiger partial charge >= 0.3 is 0 Å². The van der Waals surface area contributed by atoms with Gasteiger partial charge in [-0.2, -0.15) is 0 Å². The molecule has 0 aliphatic heterocycles. The molecule has 0 aromatic heterocycles. The van der Waals surface area contributed by atoms with Crippen LogP contribution < -0.4 is 4.74 Å². The molecule has 3 aromatic carbocycles. The summed E-state index contributed by atoms with van der Waals surface area (Å²) in [4.78, 5) is 4.54. The third kappa shape index (κ3) is 5.31. The lowest BCUT2D eigenvalue weighted by molar-refractivity contribution is 0.302. The average Bonchev–Trinajstić information content (AvgIpc) is 2.64. The molecule has 0 aliphatic rings. The topological polar surface area (TPSA) is 21.6 Å². The summed E-state index contributed by atoms with van der Waals surface area (Å²) in [7, 11) is 0. The molecule has 0 radical (unpaired) electrons. The van der Waals surface area contributed by atoms with Crippen molar-refractivity contribution in [2.75, 3.05) is 0 Å². The molecule has 0 spiro atoms. The standard InChI is InChI=1S/C21H14Br2Cl3NO/c1-12-18(25)3-2-4-20(12)27-10-13-7-16(22)21(17(23)8-13)28-11-14-5-6-15(24)9-19(14)26/h2-10H,11H2,1H3. The number of rotatable bonds is 5. The van der Waals surface area contributed by atoms with E-state index in [0.29, 0.717) is 27.4 Å². The molecule has 0 amide bonds. The molecule has 0 aliphatic carbocycles. The summed E-state index contributed by atoms with van der Waals surface area (Å²) >= 11 is 25.4. The van der Waals surface area contributed by atoms with Crippen LogP contribution in [0.25, 0.3) is 0 Å². The minimum atomic E-state index is 0.322. The monoisotopic (exact) mass is 559 g/mol.